The van der Waals surface area contributed by atoms with Gasteiger partial charge in [0.25, 0.3) is 0 Å². The first kappa shape index (κ1) is 19.6. The minimum Gasteiger partial charge on any atom is -0.465 e. The predicted molar refractivity (Wildman–Crippen MR) is 125 cm³/mol. The Balaban J connectivity index is 1.99. The molecule has 1 aromatic heterocycles. The van der Waals surface area contributed by atoms with Gasteiger partial charge in [-0.1, -0.05) is 54.6 Å². The fourth-order valence-corrected chi connectivity index (χ4v) is 8.96. The molecule has 0 aliphatic heterocycles. The normalized spacial score (nSPS) is 11.2. The quantitative estimate of drug-likeness (QED) is 0.325. The van der Waals surface area contributed by atoms with Crippen LogP contribution < -0.4 is 15.9 Å². The first-order valence-electron chi connectivity index (χ1n) is 9.45. The molecule has 0 bridgehead atoms. The lowest BCUT2D eigenvalue weighted by Crippen LogP contribution is -2.32. The average Bonchev–Trinajstić information content (AvgIpc) is 3.27. The van der Waals surface area contributed by atoms with Gasteiger partial charge in [0.2, 0.25) is 0 Å². The molecule has 0 saturated heterocycles. The fourth-order valence-electron chi connectivity index (χ4n) is 3.76. The van der Waals surface area contributed by atoms with Gasteiger partial charge in [-0.15, -0.1) is 11.3 Å². The van der Waals surface area contributed by atoms with Gasteiger partial charge in [0.05, 0.1) is 7.11 Å². The zero-order chi connectivity index (χ0) is 20.1. The Morgan fingerprint density at radius 2 is 1.21 bits per heavy atom. The standard InChI is InChI=1S/C25H22O2PS/c1-27-25(26)24-20(17-18-29-24)19-28(21-11-5-2-6-12-21,22-13-7-3-8-14-22)23-15-9-4-10-16-23/h2-18H,19H2,1H3/q+1. The summed E-state index contributed by atoms with van der Waals surface area (Å²) in [5, 5.41) is 5.90. The van der Waals surface area contributed by atoms with Crippen molar-refractivity contribution in [1.29, 1.82) is 0 Å². The van der Waals surface area contributed by atoms with Gasteiger partial charge in [-0.2, -0.15) is 0 Å². The van der Waals surface area contributed by atoms with E-state index in [0.29, 0.717) is 4.88 Å². The third-order valence-electron chi connectivity index (χ3n) is 5.12. The van der Waals surface area contributed by atoms with Crippen LogP contribution in [-0.2, 0) is 10.9 Å². The lowest BCUT2D eigenvalue weighted by molar-refractivity contribution is 0.0605. The number of thiophene rings is 1. The number of carbonyl (C=O) groups excluding carboxylic acids is 1. The fraction of sp³-hybridized carbons (Fsp3) is 0.0800. The van der Waals surface area contributed by atoms with E-state index < -0.39 is 7.26 Å². The molecular weight excluding hydrogens is 395 g/mol. The molecule has 0 saturated carbocycles. The number of benzene rings is 3. The van der Waals surface area contributed by atoms with Crippen molar-refractivity contribution >= 4 is 40.5 Å². The molecular formula is C25H22O2PS+. The smallest absolute Gasteiger partial charge is 0.348 e. The Kier molecular flexibility index (Phi) is 5.89. The van der Waals surface area contributed by atoms with Crippen molar-refractivity contribution in [3.8, 4) is 0 Å². The zero-order valence-electron chi connectivity index (χ0n) is 16.2. The third kappa shape index (κ3) is 3.76. The summed E-state index contributed by atoms with van der Waals surface area (Å²) in [6.45, 7) is 0. The number of hydrogen-bond acceptors (Lipinski definition) is 3. The van der Waals surface area contributed by atoms with Crippen LogP contribution in [0.15, 0.2) is 102 Å². The number of hydrogen-bond donors (Lipinski definition) is 0. The van der Waals surface area contributed by atoms with E-state index in [2.05, 4.69) is 97.1 Å². The van der Waals surface area contributed by atoms with Crippen molar-refractivity contribution in [3.05, 3.63) is 113 Å². The van der Waals surface area contributed by atoms with Gasteiger partial charge in [-0.3, -0.25) is 0 Å². The minimum atomic E-state index is -2.02. The molecule has 0 amide bonds. The number of esters is 1. The highest BCUT2D eigenvalue weighted by Crippen LogP contribution is 2.58. The van der Waals surface area contributed by atoms with Crippen LogP contribution in [0.2, 0.25) is 0 Å². The van der Waals surface area contributed by atoms with Crippen molar-refractivity contribution in [2.45, 2.75) is 6.16 Å². The molecule has 4 heteroatoms. The summed E-state index contributed by atoms with van der Waals surface area (Å²) in [6.07, 6.45) is 0.777. The van der Waals surface area contributed by atoms with Crippen LogP contribution >= 0.6 is 18.6 Å². The molecule has 0 spiro atoms. The highest BCUT2D eigenvalue weighted by atomic mass is 32.1. The molecule has 144 valence electrons. The summed E-state index contributed by atoms with van der Waals surface area (Å²) in [5.74, 6) is -0.262. The number of rotatable bonds is 6. The average molecular weight is 417 g/mol. The number of carbonyl (C=O) groups is 1. The van der Waals surface area contributed by atoms with E-state index in [0.717, 1.165) is 11.7 Å². The van der Waals surface area contributed by atoms with Crippen LogP contribution in [0.1, 0.15) is 15.2 Å². The van der Waals surface area contributed by atoms with Crippen molar-refractivity contribution in [2.24, 2.45) is 0 Å². The predicted octanol–water partition coefficient (Wildman–Crippen LogP) is 5.03. The van der Waals surface area contributed by atoms with Crippen LogP contribution in [0.25, 0.3) is 0 Å². The van der Waals surface area contributed by atoms with E-state index >= 15 is 0 Å². The van der Waals surface area contributed by atoms with Gasteiger partial charge in [0, 0.05) is 5.56 Å². The second kappa shape index (κ2) is 8.73. The van der Waals surface area contributed by atoms with Gasteiger partial charge in [0.1, 0.15) is 34.2 Å². The molecule has 0 unspecified atom stereocenters. The molecule has 0 aliphatic rings. The summed E-state index contributed by atoms with van der Waals surface area (Å²) in [7, 11) is -0.576. The van der Waals surface area contributed by atoms with Crippen LogP contribution in [0.4, 0.5) is 0 Å². The van der Waals surface area contributed by atoms with Crippen LogP contribution in [0, 0.1) is 0 Å². The van der Waals surface area contributed by atoms with E-state index in [9.17, 15) is 4.79 Å². The van der Waals surface area contributed by atoms with Crippen LogP contribution in [0.5, 0.6) is 0 Å². The number of ether oxygens (including phenoxy) is 1. The van der Waals surface area contributed by atoms with E-state index in [1.54, 1.807) is 0 Å². The van der Waals surface area contributed by atoms with E-state index in [1.165, 1.54) is 34.4 Å². The van der Waals surface area contributed by atoms with E-state index in [-0.39, 0.29) is 5.97 Å². The van der Waals surface area contributed by atoms with Crippen molar-refractivity contribution in [2.75, 3.05) is 7.11 Å². The molecule has 0 aliphatic carbocycles. The second-order valence-corrected chi connectivity index (χ2v) is 11.1. The van der Waals surface area contributed by atoms with Gasteiger partial charge in [-0.05, 0) is 47.8 Å². The Bertz CT molecular complexity index is 979. The number of methoxy groups -OCH3 is 1. The molecule has 1 heterocycles. The molecule has 29 heavy (non-hydrogen) atoms. The second-order valence-electron chi connectivity index (χ2n) is 6.74. The Morgan fingerprint density at radius 3 is 1.62 bits per heavy atom. The molecule has 2 nitrogen and oxygen atoms in total. The van der Waals surface area contributed by atoms with Crippen molar-refractivity contribution < 1.29 is 9.53 Å². The highest BCUT2D eigenvalue weighted by molar-refractivity contribution is 7.95. The Morgan fingerprint density at radius 1 is 0.759 bits per heavy atom. The van der Waals surface area contributed by atoms with E-state index in [1.807, 2.05) is 5.38 Å². The lowest BCUT2D eigenvalue weighted by Gasteiger charge is -2.27. The van der Waals surface area contributed by atoms with E-state index in [4.69, 9.17) is 4.74 Å². The van der Waals surface area contributed by atoms with Crippen LogP contribution in [-0.4, -0.2) is 13.1 Å². The molecule has 4 aromatic rings. The first-order chi connectivity index (χ1) is 14.3. The van der Waals surface area contributed by atoms with Gasteiger partial charge in [0.15, 0.2) is 0 Å². The third-order valence-corrected chi connectivity index (χ3v) is 10.4. The van der Waals surface area contributed by atoms with Gasteiger partial charge in [-0.25, -0.2) is 4.79 Å². The van der Waals surface area contributed by atoms with Gasteiger partial charge < -0.3 is 4.74 Å². The molecule has 4 rings (SSSR count). The molecule has 0 fully saturated rings. The van der Waals surface area contributed by atoms with Crippen LogP contribution in [0.3, 0.4) is 0 Å². The summed E-state index contributed by atoms with van der Waals surface area (Å²) < 4.78 is 5.05. The highest BCUT2D eigenvalue weighted by Gasteiger charge is 2.46. The molecule has 0 atom stereocenters. The maximum absolute atomic E-state index is 12.4. The largest absolute Gasteiger partial charge is 0.465 e. The maximum atomic E-state index is 12.4. The monoisotopic (exact) mass is 417 g/mol. The molecule has 3 aromatic carbocycles. The molecule has 0 N–H and O–H groups in total. The Labute approximate surface area is 176 Å². The maximum Gasteiger partial charge on any atom is 0.348 e. The summed E-state index contributed by atoms with van der Waals surface area (Å²) in [4.78, 5) is 13.1. The van der Waals surface area contributed by atoms with Crippen molar-refractivity contribution in [3.63, 3.8) is 0 Å². The minimum absolute atomic E-state index is 0.262. The summed E-state index contributed by atoms with van der Waals surface area (Å²) >= 11 is 1.45. The Hall–Kier alpha value is -2.74. The lowest BCUT2D eigenvalue weighted by atomic mass is 10.3. The first-order valence-corrected chi connectivity index (χ1v) is 12.3. The summed E-state index contributed by atoms with van der Waals surface area (Å²) in [6, 6.07) is 34.2. The van der Waals surface area contributed by atoms with Crippen molar-refractivity contribution in [1.82, 2.24) is 0 Å². The summed E-state index contributed by atoms with van der Waals surface area (Å²) in [5.41, 5.74) is 1.05. The molecule has 0 radical (unpaired) electrons. The topological polar surface area (TPSA) is 26.3 Å². The van der Waals surface area contributed by atoms with Gasteiger partial charge >= 0.3 is 5.97 Å². The zero-order valence-corrected chi connectivity index (χ0v) is 17.9. The SMILES string of the molecule is COC(=O)c1sccc1C[P+](c1ccccc1)(c1ccccc1)c1ccccc1.